The van der Waals surface area contributed by atoms with E-state index in [2.05, 4.69) is 15.6 Å². The van der Waals surface area contributed by atoms with Crippen molar-refractivity contribution in [1.82, 2.24) is 20.5 Å². The highest BCUT2D eigenvalue weighted by atomic mass is 16.5. The predicted molar refractivity (Wildman–Crippen MR) is 88.7 cm³/mol. The van der Waals surface area contributed by atoms with Crippen molar-refractivity contribution >= 4 is 11.9 Å². The first-order valence-electron chi connectivity index (χ1n) is 8.57. The molecule has 24 heavy (non-hydrogen) atoms. The van der Waals surface area contributed by atoms with E-state index in [1.807, 2.05) is 4.90 Å². The maximum Gasteiger partial charge on any atom is 0.315 e. The average Bonchev–Trinajstić information content (AvgIpc) is 3.14. The van der Waals surface area contributed by atoms with Crippen molar-refractivity contribution < 1.29 is 14.3 Å². The number of urea groups is 1. The molecule has 2 fully saturated rings. The fraction of sp³-hybridized carbons (Fsp3) is 0.588. The fourth-order valence-electron chi connectivity index (χ4n) is 3.15. The monoisotopic (exact) mass is 332 g/mol. The molecular formula is C17H24N4O3. The second-order valence-corrected chi connectivity index (χ2v) is 6.29. The Bertz CT molecular complexity index is 552. The first-order chi connectivity index (χ1) is 11.7. The maximum absolute atomic E-state index is 12.4. The molecule has 2 aliphatic heterocycles. The number of amides is 3. The van der Waals surface area contributed by atoms with Gasteiger partial charge in [-0.3, -0.25) is 9.78 Å². The Morgan fingerprint density at radius 3 is 2.62 bits per heavy atom. The van der Waals surface area contributed by atoms with Gasteiger partial charge in [0.15, 0.2) is 0 Å². The van der Waals surface area contributed by atoms with Gasteiger partial charge in [0.25, 0.3) is 5.91 Å². The van der Waals surface area contributed by atoms with Crippen LogP contribution in [0.15, 0.2) is 24.5 Å². The van der Waals surface area contributed by atoms with E-state index in [9.17, 15) is 9.59 Å². The topological polar surface area (TPSA) is 83.6 Å². The minimum Gasteiger partial charge on any atom is -0.376 e. The molecule has 0 radical (unpaired) electrons. The lowest BCUT2D eigenvalue weighted by atomic mass is 10.0. The van der Waals surface area contributed by atoms with Gasteiger partial charge in [-0.1, -0.05) is 0 Å². The Hall–Kier alpha value is -2.15. The lowest BCUT2D eigenvalue weighted by Crippen LogP contribution is -2.50. The molecule has 1 aromatic heterocycles. The number of nitrogens with one attached hydrogen (secondary N) is 2. The van der Waals surface area contributed by atoms with Crippen LogP contribution >= 0.6 is 0 Å². The molecule has 0 spiro atoms. The van der Waals surface area contributed by atoms with E-state index in [-0.39, 0.29) is 24.1 Å². The number of pyridine rings is 1. The van der Waals surface area contributed by atoms with Crippen LogP contribution in [0.1, 0.15) is 36.0 Å². The van der Waals surface area contributed by atoms with Crippen molar-refractivity contribution in [3.05, 3.63) is 30.1 Å². The zero-order valence-electron chi connectivity index (χ0n) is 13.7. The molecule has 0 aromatic carbocycles. The zero-order chi connectivity index (χ0) is 16.8. The highest BCUT2D eigenvalue weighted by Crippen LogP contribution is 2.14. The Balaban J connectivity index is 1.38. The summed E-state index contributed by atoms with van der Waals surface area (Å²) in [7, 11) is 0. The van der Waals surface area contributed by atoms with Gasteiger partial charge >= 0.3 is 6.03 Å². The quantitative estimate of drug-likeness (QED) is 0.867. The number of nitrogens with zero attached hydrogens (tertiary/aromatic N) is 2. The SMILES string of the molecule is O=C(NCC1CCCO1)NC1CCN(C(=O)c2ccncc2)CC1. The summed E-state index contributed by atoms with van der Waals surface area (Å²) in [6.45, 7) is 2.65. The van der Waals surface area contributed by atoms with Crippen LogP contribution < -0.4 is 10.6 Å². The molecule has 7 heteroatoms. The summed E-state index contributed by atoms with van der Waals surface area (Å²) >= 11 is 0. The van der Waals surface area contributed by atoms with Gasteiger partial charge in [-0.05, 0) is 37.8 Å². The van der Waals surface area contributed by atoms with E-state index in [0.29, 0.717) is 25.2 Å². The zero-order valence-corrected chi connectivity index (χ0v) is 13.7. The summed E-state index contributed by atoms with van der Waals surface area (Å²) in [6.07, 6.45) is 7.01. The van der Waals surface area contributed by atoms with Crippen LogP contribution in [0.2, 0.25) is 0 Å². The van der Waals surface area contributed by atoms with Crippen LogP contribution in [0.3, 0.4) is 0 Å². The molecule has 0 aliphatic carbocycles. The molecule has 1 atom stereocenters. The summed E-state index contributed by atoms with van der Waals surface area (Å²) in [5.74, 6) is 0.0266. The molecule has 2 N–H and O–H groups in total. The second-order valence-electron chi connectivity index (χ2n) is 6.29. The third-order valence-corrected chi connectivity index (χ3v) is 4.56. The van der Waals surface area contributed by atoms with Crippen molar-refractivity contribution in [1.29, 1.82) is 0 Å². The first-order valence-corrected chi connectivity index (χ1v) is 8.57. The highest BCUT2D eigenvalue weighted by molar-refractivity contribution is 5.94. The smallest absolute Gasteiger partial charge is 0.315 e. The third-order valence-electron chi connectivity index (χ3n) is 4.56. The van der Waals surface area contributed by atoms with Crippen molar-refractivity contribution in [2.45, 2.75) is 37.8 Å². The predicted octanol–water partition coefficient (Wildman–Crippen LogP) is 1.16. The van der Waals surface area contributed by atoms with Crippen LogP contribution in [0.4, 0.5) is 4.79 Å². The normalized spacial score (nSPS) is 21.5. The number of hydrogen-bond donors (Lipinski definition) is 2. The molecule has 2 aliphatic rings. The van der Waals surface area contributed by atoms with E-state index in [0.717, 1.165) is 32.3 Å². The standard InChI is InChI=1S/C17H24N4O3/c22-16(13-3-7-18-8-4-13)21-9-5-14(6-10-21)20-17(23)19-12-15-2-1-11-24-15/h3-4,7-8,14-15H,1-2,5-6,9-12H2,(H2,19,20,23). The number of ether oxygens (including phenoxy) is 1. The molecule has 7 nitrogen and oxygen atoms in total. The number of hydrogen-bond acceptors (Lipinski definition) is 4. The Kier molecular flexibility index (Phi) is 5.63. The van der Waals surface area contributed by atoms with Gasteiger partial charge < -0.3 is 20.3 Å². The fourth-order valence-corrected chi connectivity index (χ4v) is 3.15. The van der Waals surface area contributed by atoms with E-state index in [1.165, 1.54) is 0 Å². The molecule has 130 valence electrons. The largest absolute Gasteiger partial charge is 0.376 e. The minimum atomic E-state index is -0.149. The molecule has 3 heterocycles. The number of rotatable bonds is 4. The third kappa shape index (κ3) is 4.44. The molecule has 2 saturated heterocycles. The number of aromatic nitrogens is 1. The molecule has 1 aromatic rings. The van der Waals surface area contributed by atoms with E-state index < -0.39 is 0 Å². The minimum absolute atomic E-state index is 0.0266. The summed E-state index contributed by atoms with van der Waals surface area (Å²) in [6, 6.07) is 3.41. The van der Waals surface area contributed by atoms with E-state index in [4.69, 9.17) is 4.74 Å². The van der Waals surface area contributed by atoms with Gasteiger partial charge in [0.1, 0.15) is 0 Å². The maximum atomic E-state index is 12.4. The van der Waals surface area contributed by atoms with Gasteiger partial charge in [-0.15, -0.1) is 0 Å². The van der Waals surface area contributed by atoms with Gasteiger partial charge in [0.05, 0.1) is 6.10 Å². The van der Waals surface area contributed by atoms with Crippen LogP contribution in [0.25, 0.3) is 0 Å². The lowest BCUT2D eigenvalue weighted by molar-refractivity contribution is 0.0707. The molecule has 0 bridgehead atoms. The summed E-state index contributed by atoms with van der Waals surface area (Å²) in [5.41, 5.74) is 0.658. The first kappa shape index (κ1) is 16.7. The molecular weight excluding hydrogens is 308 g/mol. The van der Waals surface area contributed by atoms with Crippen molar-refractivity contribution in [2.75, 3.05) is 26.2 Å². The molecule has 1 unspecified atom stereocenters. The summed E-state index contributed by atoms with van der Waals surface area (Å²) in [4.78, 5) is 30.1. The van der Waals surface area contributed by atoms with Crippen molar-refractivity contribution in [3.63, 3.8) is 0 Å². The van der Waals surface area contributed by atoms with Gasteiger partial charge in [0, 0.05) is 50.2 Å². The number of carbonyl (C=O) groups is 2. The number of likely N-dealkylation sites (tertiary alicyclic amines) is 1. The van der Waals surface area contributed by atoms with Crippen LogP contribution in [-0.2, 0) is 4.74 Å². The average molecular weight is 332 g/mol. The van der Waals surface area contributed by atoms with Crippen molar-refractivity contribution in [2.24, 2.45) is 0 Å². The Morgan fingerprint density at radius 2 is 1.96 bits per heavy atom. The molecule has 0 saturated carbocycles. The molecule has 3 rings (SSSR count). The van der Waals surface area contributed by atoms with Crippen LogP contribution in [0, 0.1) is 0 Å². The molecule has 3 amide bonds. The number of piperidine rings is 1. The Morgan fingerprint density at radius 1 is 1.21 bits per heavy atom. The Labute approximate surface area is 141 Å². The van der Waals surface area contributed by atoms with Gasteiger partial charge in [-0.25, -0.2) is 4.79 Å². The van der Waals surface area contributed by atoms with E-state index in [1.54, 1.807) is 24.5 Å². The lowest BCUT2D eigenvalue weighted by Gasteiger charge is -2.32. The van der Waals surface area contributed by atoms with Crippen LogP contribution in [-0.4, -0.2) is 60.2 Å². The van der Waals surface area contributed by atoms with Gasteiger partial charge in [0.2, 0.25) is 0 Å². The van der Waals surface area contributed by atoms with E-state index >= 15 is 0 Å². The van der Waals surface area contributed by atoms with Crippen molar-refractivity contribution in [3.8, 4) is 0 Å². The highest BCUT2D eigenvalue weighted by Gasteiger charge is 2.25. The number of carbonyl (C=O) groups excluding carboxylic acids is 2. The summed E-state index contributed by atoms with van der Waals surface area (Å²) in [5, 5.41) is 5.86. The van der Waals surface area contributed by atoms with Crippen LogP contribution in [0.5, 0.6) is 0 Å². The summed E-state index contributed by atoms with van der Waals surface area (Å²) < 4.78 is 5.48. The van der Waals surface area contributed by atoms with Gasteiger partial charge in [-0.2, -0.15) is 0 Å². The second kappa shape index (κ2) is 8.10.